The zero-order chi connectivity index (χ0) is 18.2. The Morgan fingerprint density at radius 2 is 1.36 bits per heavy atom. The smallest absolute Gasteiger partial charge is 0.161 e. The molecular weight excluding hydrogens is 344 g/mol. The Bertz CT molecular complexity index is 1650. The first kappa shape index (κ1) is 14.2. The van der Waals surface area contributed by atoms with Crippen molar-refractivity contribution in [1.29, 1.82) is 0 Å². The van der Waals surface area contributed by atoms with Gasteiger partial charge in [-0.1, -0.05) is 42.5 Å². The van der Waals surface area contributed by atoms with Crippen molar-refractivity contribution >= 4 is 49.3 Å². The second kappa shape index (κ2) is 4.90. The largest absolute Gasteiger partial charge is 0.453 e. The minimum absolute atomic E-state index is 0.895. The first-order valence-electron chi connectivity index (χ1n) is 9.41. The number of furan rings is 1. The summed E-state index contributed by atoms with van der Waals surface area (Å²) in [6, 6.07) is 27.4. The molecule has 4 aromatic heterocycles. The van der Waals surface area contributed by atoms with Crippen molar-refractivity contribution in [2.24, 2.45) is 0 Å². The van der Waals surface area contributed by atoms with Crippen LogP contribution in [0, 0.1) is 0 Å². The number of benzene rings is 3. The van der Waals surface area contributed by atoms with E-state index in [2.05, 4.69) is 70.0 Å². The lowest BCUT2D eigenvalue weighted by Crippen LogP contribution is -1.83. The standard InChI is InChI=1S/C25H14N2O/c1-2-13-21-15(7-1)16-8-5-10-18-22(16)27(21)23-19-11-6-9-17(24(19)28-25(18)23)20-12-3-4-14-26-20/h1-14H. The SMILES string of the molecule is c1ccc(-c2cccc3c2oc2c4cccc5c6ccccc6n(c54)c32)nc1. The Kier molecular flexibility index (Phi) is 2.49. The fourth-order valence-corrected chi connectivity index (χ4v) is 4.67. The van der Waals surface area contributed by atoms with Gasteiger partial charge >= 0.3 is 0 Å². The van der Waals surface area contributed by atoms with Crippen molar-refractivity contribution < 1.29 is 4.42 Å². The van der Waals surface area contributed by atoms with Crippen LogP contribution in [-0.2, 0) is 0 Å². The maximum absolute atomic E-state index is 6.52. The molecule has 7 aromatic rings. The van der Waals surface area contributed by atoms with Crippen LogP contribution < -0.4 is 0 Å². The van der Waals surface area contributed by atoms with Gasteiger partial charge in [0.05, 0.1) is 16.7 Å². The summed E-state index contributed by atoms with van der Waals surface area (Å²) in [6.45, 7) is 0. The van der Waals surface area contributed by atoms with Crippen LogP contribution in [0.3, 0.4) is 0 Å². The van der Waals surface area contributed by atoms with Crippen LogP contribution in [0.1, 0.15) is 0 Å². The molecule has 130 valence electrons. The lowest BCUT2D eigenvalue weighted by Gasteiger charge is -2.01. The second-order valence-electron chi connectivity index (χ2n) is 7.23. The topological polar surface area (TPSA) is 30.4 Å². The van der Waals surface area contributed by atoms with Gasteiger partial charge in [-0.3, -0.25) is 4.98 Å². The van der Waals surface area contributed by atoms with Gasteiger partial charge in [0, 0.05) is 33.3 Å². The summed E-state index contributed by atoms with van der Waals surface area (Å²) in [6.07, 6.45) is 1.82. The fourth-order valence-electron chi connectivity index (χ4n) is 4.67. The maximum Gasteiger partial charge on any atom is 0.161 e. The number of pyridine rings is 1. The van der Waals surface area contributed by atoms with Crippen LogP contribution >= 0.6 is 0 Å². The monoisotopic (exact) mass is 358 g/mol. The molecule has 3 aromatic carbocycles. The Balaban J connectivity index is 1.76. The Hall–Kier alpha value is -3.85. The number of aromatic nitrogens is 2. The van der Waals surface area contributed by atoms with Crippen molar-refractivity contribution in [1.82, 2.24) is 9.38 Å². The molecule has 0 bridgehead atoms. The molecule has 0 radical (unpaired) electrons. The highest BCUT2D eigenvalue weighted by molar-refractivity contribution is 6.26. The van der Waals surface area contributed by atoms with E-state index in [9.17, 15) is 0 Å². The summed E-state index contributed by atoms with van der Waals surface area (Å²) < 4.78 is 8.88. The normalized spacial score (nSPS) is 12.3. The molecule has 0 saturated carbocycles. The zero-order valence-corrected chi connectivity index (χ0v) is 14.9. The summed E-state index contributed by atoms with van der Waals surface area (Å²) in [5.74, 6) is 0. The molecule has 3 nitrogen and oxygen atoms in total. The van der Waals surface area contributed by atoms with E-state index in [-0.39, 0.29) is 0 Å². The van der Waals surface area contributed by atoms with Crippen molar-refractivity contribution in [3.05, 3.63) is 85.1 Å². The Morgan fingerprint density at radius 3 is 2.25 bits per heavy atom. The highest BCUT2D eigenvalue weighted by Crippen LogP contribution is 2.44. The molecule has 7 rings (SSSR count). The highest BCUT2D eigenvalue weighted by atomic mass is 16.3. The molecule has 0 fully saturated rings. The predicted molar refractivity (Wildman–Crippen MR) is 114 cm³/mol. The molecule has 0 atom stereocenters. The van der Waals surface area contributed by atoms with E-state index in [1.807, 2.05) is 24.4 Å². The quantitative estimate of drug-likeness (QED) is 0.329. The zero-order valence-electron chi connectivity index (χ0n) is 14.9. The van der Waals surface area contributed by atoms with Crippen LogP contribution in [0.4, 0.5) is 0 Å². The van der Waals surface area contributed by atoms with E-state index in [0.717, 1.165) is 38.7 Å². The van der Waals surface area contributed by atoms with Crippen molar-refractivity contribution in [2.75, 3.05) is 0 Å². The third-order valence-electron chi connectivity index (χ3n) is 5.79. The number of rotatable bonds is 1. The van der Waals surface area contributed by atoms with Crippen LogP contribution in [0.2, 0.25) is 0 Å². The molecular formula is C25H14N2O. The molecule has 3 heteroatoms. The molecule has 0 aliphatic rings. The number of hydrogen-bond donors (Lipinski definition) is 0. The number of hydrogen-bond acceptors (Lipinski definition) is 2. The minimum atomic E-state index is 0.895. The van der Waals surface area contributed by atoms with Crippen LogP contribution in [-0.4, -0.2) is 9.38 Å². The predicted octanol–water partition coefficient (Wildman–Crippen LogP) is 6.64. The van der Waals surface area contributed by atoms with Crippen LogP contribution in [0.5, 0.6) is 0 Å². The molecule has 0 unspecified atom stereocenters. The summed E-state index contributed by atoms with van der Waals surface area (Å²) >= 11 is 0. The molecule has 0 spiro atoms. The fraction of sp³-hybridized carbons (Fsp3) is 0. The van der Waals surface area contributed by atoms with Gasteiger partial charge in [0.1, 0.15) is 11.1 Å². The number of para-hydroxylation sites is 3. The summed E-state index contributed by atoms with van der Waals surface area (Å²) in [5.41, 5.74) is 7.39. The molecule has 0 saturated heterocycles. The van der Waals surface area contributed by atoms with E-state index in [1.54, 1.807) is 0 Å². The van der Waals surface area contributed by atoms with Crippen molar-refractivity contribution in [3.8, 4) is 11.3 Å². The minimum Gasteiger partial charge on any atom is -0.453 e. The van der Waals surface area contributed by atoms with Gasteiger partial charge in [-0.05, 0) is 36.4 Å². The van der Waals surface area contributed by atoms with E-state index in [0.29, 0.717) is 0 Å². The van der Waals surface area contributed by atoms with Crippen LogP contribution in [0.25, 0.3) is 60.5 Å². The molecule has 0 aliphatic heterocycles. The highest BCUT2D eigenvalue weighted by Gasteiger charge is 2.23. The van der Waals surface area contributed by atoms with Gasteiger partial charge in [0.15, 0.2) is 5.58 Å². The van der Waals surface area contributed by atoms with Gasteiger partial charge in [0.2, 0.25) is 0 Å². The van der Waals surface area contributed by atoms with Gasteiger partial charge in [0.25, 0.3) is 0 Å². The summed E-state index contributed by atoms with van der Waals surface area (Å²) in [5, 5.41) is 4.83. The first-order valence-corrected chi connectivity index (χ1v) is 9.41. The lowest BCUT2D eigenvalue weighted by molar-refractivity contribution is 0.673. The third kappa shape index (κ3) is 1.58. The van der Waals surface area contributed by atoms with Crippen LogP contribution in [0.15, 0.2) is 89.5 Å². The van der Waals surface area contributed by atoms with Crippen molar-refractivity contribution in [3.63, 3.8) is 0 Å². The summed E-state index contributed by atoms with van der Waals surface area (Å²) in [4.78, 5) is 4.54. The number of nitrogens with zero attached hydrogens (tertiary/aromatic N) is 2. The molecule has 4 heterocycles. The lowest BCUT2D eigenvalue weighted by atomic mass is 10.1. The molecule has 0 amide bonds. The maximum atomic E-state index is 6.52. The average molecular weight is 358 g/mol. The van der Waals surface area contributed by atoms with E-state index >= 15 is 0 Å². The van der Waals surface area contributed by atoms with E-state index < -0.39 is 0 Å². The number of fused-ring (bicyclic) bond motifs is 8. The van der Waals surface area contributed by atoms with Gasteiger partial charge in [-0.15, -0.1) is 0 Å². The van der Waals surface area contributed by atoms with Crippen molar-refractivity contribution in [2.45, 2.75) is 0 Å². The van der Waals surface area contributed by atoms with Gasteiger partial charge in [-0.25, -0.2) is 0 Å². The van der Waals surface area contributed by atoms with E-state index in [1.165, 1.54) is 21.8 Å². The average Bonchev–Trinajstić information content (AvgIpc) is 3.39. The van der Waals surface area contributed by atoms with E-state index in [4.69, 9.17) is 4.42 Å². The Labute approximate surface area is 159 Å². The third-order valence-corrected chi connectivity index (χ3v) is 5.79. The molecule has 28 heavy (non-hydrogen) atoms. The van der Waals surface area contributed by atoms with Gasteiger partial charge < -0.3 is 8.82 Å². The van der Waals surface area contributed by atoms with Gasteiger partial charge in [-0.2, -0.15) is 0 Å². The molecule has 0 aliphatic carbocycles. The second-order valence-corrected chi connectivity index (χ2v) is 7.23. The Morgan fingerprint density at radius 1 is 0.607 bits per heavy atom. The summed E-state index contributed by atoms with van der Waals surface area (Å²) in [7, 11) is 0. The molecule has 0 N–H and O–H groups in total. The first-order chi connectivity index (χ1) is 13.9.